The van der Waals surface area contributed by atoms with Gasteiger partial charge in [0.1, 0.15) is 11.5 Å². The van der Waals surface area contributed by atoms with Gasteiger partial charge in [-0.3, -0.25) is 4.79 Å². The van der Waals surface area contributed by atoms with Crippen LogP contribution in [0.2, 0.25) is 0 Å². The Morgan fingerprint density at radius 3 is 2.95 bits per heavy atom. The maximum atomic E-state index is 14.1. The van der Waals surface area contributed by atoms with Crippen molar-refractivity contribution in [2.24, 2.45) is 0 Å². The van der Waals surface area contributed by atoms with E-state index in [0.29, 0.717) is 12.2 Å². The molecular formula is C15H18FN3O2S. The topological polar surface area (TPSA) is 67.2 Å². The van der Waals surface area contributed by atoms with Gasteiger partial charge in [-0.25, -0.2) is 9.07 Å². The molecular weight excluding hydrogens is 305 g/mol. The molecule has 0 aliphatic carbocycles. The maximum Gasteiger partial charge on any atom is 0.251 e. The van der Waals surface area contributed by atoms with Crippen LogP contribution in [0, 0.1) is 5.82 Å². The second-order valence-corrected chi connectivity index (χ2v) is 5.67. The van der Waals surface area contributed by atoms with Crippen molar-refractivity contribution in [1.82, 2.24) is 15.1 Å². The molecule has 1 unspecified atom stereocenters. The molecule has 2 rings (SSSR count). The molecule has 0 fully saturated rings. The zero-order valence-corrected chi connectivity index (χ0v) is 13.0. The number of aliphatic hydroxyl groups excluding tert-OH is 1. The number of halogens is 1. The predicted octanol–water partition coefficient (Wildman–Crippen LogP) is 1.86. The van der Waals surface area contributed by atoms with Crippen molar-refractivity contribution in [3.8, 4) is 5.69 Å². The van der Waals surface area contributed by atoms with Gasteiger partial charge >= 0.3 is 0 Å². The smallest absolute Gasteiger partial charge is 0.251 e. The number of aromatic nitrogens is 2. The Kier molecular flexibility index (Phi) is 5.97. The zero-order valence-electron chi connectivity index (χ0n) is 12.2. The van der Waals surface area contributed by atoms with Crippen LogP contribution in [0.3, 0.4) is 0 Å². The van der Waals surface area contributed by atoms with E-state index in [1.807, 2.05) is 6.26 Å². The van der Waals surface area contributed by atoms with Crippen LogP contribution in [-0.4, -0.2) is 45.5 Å². The SMILES string of the molecule is CSCC(CCO)NC(=O)c1ccc(-n2cccn2)c(F)c1. The lowest BCUT2D eigenvalue weighted by Gasteiger charge is -2.17. The van der Waals surface area contributed by atoms with E-state index in [4.69, 9.17) is 5.11 Å². The highest BCUT2D eigenvalue weighted by molar-refractivity contribution is 7.98. The van der Waals surface area contributed by atoms with Crippen LogP contribution in [0.4, 0.5) is 4.39 Å². The first-order valence-electron chi connectivity index (χ1n) is 6.86. The monoisotopic (exact) mass is 323 g/mol. The lowest BCUT2D eigenvalue weighted by Crippen LogP contribution is -2.37. The molecule has 1 amide bonds. The van der Waals surface area contributed by atoms with Gasteiger partial charge in [-0.2, -0.15) is 16.9 Å². The second-order valence-electron chi connectivity index (χ2n) is 4.75. The summed E-state index contributed by atoms with van der Waals surface area (Å²) in [6.45, 7) is -0.00188. The number of hydrogen-bond acceptors (Lipinski definition) is 4. The Morgan fingerprint density at radius 2 is 2.36 bits per heavy atom. The Labute approximate surface area is 132 Å². The first-order valence-corrected chi connectivity index (χ1v) is 8.25. The van der Waals surface area contributed by atoms with Crippen LogP contribution in [-0.2, 0) is 0 Å². The van der Waals surface area contributed by atoms with Crippen molar-refractivity contribution in [2.45, 2.75) is 12.5 Å². The normalized spacial score (nSPS) is 12.1. The zero-order chi connectivity index (χ0) is 15.9. The van der Waals surface area contributed by atoms with E-state index in [9.17, 15) is 9.18 Å². The van der Waals surface area contributed by atoms with Crippen molar-refractivity contribution in [2.75, 3.05) is 18.6 Å². The van der Waals surface area contributed by atoms with E-state index in [1.54, 1.807) is 36.3 Å². The summed E-state index contributed by atoms with van der Waals surface area (Å²) in [6, 6.07) is 5.84. The summed E-state index contributed by atoms with van der Waals surface area (Å²) in [5, 5.41) is 15.8. The number of amides is 1. The van der Waals surface area contributed by atoms with Crippen LogP contribution < -0.4 is 5.32 Å². The summed E-state index contributed by atoms with van der Waals surface area (Å²) in [5.74, 6) is -0.168. The van der Waals surface area contributed by atoms with Gasteiger partial charge in [0.2, 0.25) is 0 Å². The van der Waals surface area contributed by atoms with Crippen LogP contribution in [0.5, 0.6) is 0 Å². The third-order valence-corrected chi connectivity index (χ3v) is 3.88. The third kappa shape index (κ3) is 4.08. The van der Waals surface area contributed by atoms with Crippen molar-refractivity contribution < 1.29 is 14.3 Å². The summed E-state index contributed by atoms with van der Waals surface area (Å²) in [4.78, 5) is 12.2. The maximum absolute atomic E-state index is 14.1. The first-order chi connectivity index (χ1) is 10.7. The first kappa shape index (κ1) is 16.5. The summed E-state index contributed by atoms with van der Waals surface area (Å²) < 4.78 is 15.5. The average Bonchev–Trinajstić information content (AvgIpc) is 3.01. The van der Waals surface area contributed by atoms with Gasteiger partial charge in [-0.05, 0) is 36.9 Å². The summed E-state index contributed by atoms with van der Waals surface area (Å²) in [7, 11) is 0. The van der Waals surface area contributed by atoms with Gasteiger partial charge in [-0.15, -0.1) is 0 Å². The molecule has 1 aromatic carbocycles. The number of carbonyl (C=O) groups excluding carboxylic acids is 1. The number of thioether (sulfide) groups is 1. The second kappa shape index (κ2) is 7.95. The largest absolute Gasteiger partial charge is 0.396 e. The quantitative estimate of drug-likeness (QED) is 0.816. The van der Waals surface area contributed by atoms with Gasteiger partial charge < -0.3 is 10.4 Å². The summed E-state index contributed by atoms with van der Waals surface area (Å²) in [5.41, 5.74) is 0.537. The molecule has 2 aromatic rings. The highest BCUT2D eigenvalue weighted by Crippen LogP contribution is 2.15. The van der Waals surface area contributed by atoms with Crippen LogP contribution in [0.1, 0.15) is 16.8 Å². The van der Waals surface area contributed by atoms with E-state index in [1.165, 1.54) is 16.8 Å². The molecule has 5 nitrogen and oxygen atoms in total. The molecule has 0 radical (unpaired) electrons. The molecule has 118 valence electrons. The Morgan fingerprint density at radius 1 is 1.55 bits per heavy atom. The molecule has 0 aliphatic rings. The van der Waals surface area contributed by atoms with Gasteiger partial charge in [0.25, 0.3) is 5.91 Å². The number of rotatable bonds is 7. The van der Waals surface area contributed by atoms with Gasteiger partial charge in [-0.1, -0.05) is 0 Å². The fourth-order valence-electron chi connectivity index (χ4n) is 2.07. The Balaban J connectivity index is 2.12. The average molecular weight is 323 g/mol. The van der Waals surface area contributed by atoms with Crippen LogP contribution in [0.15, 0.2) is 36.7 Å². The van der Waals surface area contributed by atoms with Crippen molar-refractivity contribution >= 4 is 17.7 Å². The molecule has 0 aliphatic heterocycles. The number of nitrogens with zero attached hydrogens (tertiary/aromatic N) is 2. The van der Waals surface area contributed by atoms with Crippen LogP contribution in [0.25, 0.3) is 5.69 Å². The minimum Gasteiger partial charge on any atom is -0.396 e. The van der Waals surface area contributed by atoms with E-state index in [0.717, 1.165) is 0 Å². The van der Waals surface area contributed by atoms with Crippen molar-refractivity contribution in [3.05, 3.63) is 48.0 Å². The number of aliphatic hydroxyl groups is 1. The molecule has 1 heterocycles. The number of nitrogens with one attached hydrogen (secondary N) is 1. The molecule has 0 spiro atoms. The predicted molar refractivity (Wildman–Crippen MR) is 84.9 cm³/mol. The van der Waals surface area contributed by atoms with Gasteiger partial charge in [0.15, 0.2) is 0 Å². The summed E-state index contributed by atoms with van der Waals surface area (Å²) in [6.07, 6.45) is 5.59. The van der Waals surface area contributed by atoms with Crippen molar-refractivity contribution in [3.63, 3.8) is 0 Å². The standard InChI is InChI=1S/C15H18FN3O2S/c1-22-10-12(5-8-20)18-15(21)11-3-4-14(13(16)9-11)19-7-2-6-17-19/h2-4,6-7,9,12,20H,5,8,10H2,1H3,(H,18,21). The van der Waals surface area contributed by atoms with E-state index in [-0.39, 0.29) is 29.8 Å². The number of hydrogen-bond donors (Lipinski definition) is 2. The third-order valence-electron chi connectivity index (χ3n) is 3.14. The molecule has 0 bridgehead atoms. The number of carbonyl (C=O) groups is 1. The summed E-state index contributed by atoms with van der Waals surface area (Å²) >= 11 is 1.58. The van der Waals surface area contributed by atoms with E-state index < -0.39 is 5.82 Å². The highest BCUT2D eigenvalue weighted by atomic mass is 32.2. The lowest BCUT2D eigenvalue weighted by molar-refractivity contribution is 0.0935. The molecule has 1 aromatic heterocycles. The highest BCUT2D eigenvalue weighted by Gasteiger charge is 2.15. The Bertz CT molecular complexity index is 613. The Hall–Kier alpha value is -1.86. The lowest BCUT2D eigenvalue weighted by atomic mass is 10.1. The molecule has 0 saturated carbocycles. The van der Waals surface area contributed by atoms with Gasteiger partial charge in [0, 0.05) is 36.4 Å². The molecule has 1 atom stereocenters. The molecule has 22 heavy (non-hydrogen) atoms. The van der Waals surface area contributed by atoms with Gasteiger partial charge in [0.05, 0.1) is 0 Å². The van der Waals surface area contributed by atoms with Crippen molar-refractivity contribution in [1.29, 1.82) is 0 Å². The molecule has 0 saturated heterocycles. The molecule has 7 heteroatoms. The fourth-order valence-corrected chi connectivity index (χ4v) is 2.72. The minimum absolute atomic E-state index is 0.00188. The molecule has 2 N–H and O–H groups in total. The minimum atomic E-state index is -0.514. The van der Waals surface area contributed by atoms with E-state index >= 15 is 0 Å². The van der Waals surface area contributed by atoms with Crippen LogP contribution >= 0.6 is 11.8 Å². The fraction of sp³-hybridized carbons (Fsp3) is 0.333. The van der Waals surface area contributed by atoms with E-state index in [2.05, 4.69) is 10.4 Å². The number of benzene rings is 1.